The van der Waals surface area contributed by atoms with Gasteiger partial charge in [-0.1, -0.05) is 6.07 Å². The molecule has 1 unspecified atom stereocenters. The summed E-state index contributed by atoms with van der Waals surface area (Å²) in [5.74, 6) is 0.863. The van der Waals surface area contributed by atoms with Gasteiger partial charge in [0.15, 0.2) is 5.96 Å². The molecule has 0 bridgehead atoms. The number of hydrogen-bond donors (Lipinski definition) is 2. The summed E-state index contributed by atoms with van der Waals surface area (Å²) in [4.78, 5) is 6.87. The first-order chi connectivity index (χ1) is 12.0. The van der Waals surface area contributed by atoms with Gasteiger partial charge in [0.1, 0.15) is 4.21 Å². The second kappa shape index (κ2) is 9.67. The van der Waals surface area contributed by atoms with Gasteiger partial charge in [0.25, 0.3) is 0 Å². The fourth-order valence-electron chi connectivity index (χ4n) is 3.34. The molecular formula is C16H27IN4O3S2. The van der Waals surface area contributed by atoms with Gasteiger partial charge in [-0.25, -0.2) is 13.1 Å². The molecule has 3 heterocycles. The molecule has 7 nitrogen and oxygen atoms in total. The van der Waals surface area contributed by atoms with Crippen LogP contribution in [0.25, 0.3) is 0 Å². The van der Waals surface area contributed by atoms with Gasteiger partial charge in [-0.2, -0.15) is 0 Å². The van der Waals surface area contributed by atoms with E-state index in [1.807, 2.05) is 6.92 Å². The number of likely N-dealkylation sites (tertiary alicyclic amines) is 1. The molecule has 2 aliphatic heterocycles. The standard InChI is InChI=1S/C16H26N4O3S2.HI/c1-2-17-15(20-9-5-16(12-20)6-10-23-13-16)18-7-8-19-25(21,22)14-4-3-11-24-14;/h3-4,11,19H,2,5-10,12-13H2,1H3,(H,17,18);1H. The molecule has 0 saturated carbocycles. The number of nitrogens with zero attached hydrogens (tertiary/aromatic N) is 2. The number of halogens is 1. The zero-order valence-corrected chi connectivity index (χ0v) is 18.9. The largest absolute Gasteiger partial charge is 0.381 e. The molecule has 0 amide bonds. The number of hydrogen-bond acceptors (Lipinski definition) is 5. The van der Waals surface area contributed by atoms with Crippen LogP contribution in [-0.4, -0.2) is 65.2 Å². The van der Waals surface area contributed by atoms with Crippen LogP contribution in [-0.2, 0) is 14.8 Å². The molecular weight excluding hydrogens is 487 g/mol. The van der Waals surface area contributed by atoms with Crippen molar-refractivity contribution in [3.8, 4) is 0 Å². The fourth-order valence-corrected chi connectivity index (χ4v) is 5.40. The van der Waals surface area contributed by atoms with E-state index in [2.05, 4.69) is 19.9 Å². The van der Waals surface area contributed by atoms with Crippen molar-refractivity contribution in [3.63, 3.8) is 0 Å². The summed E-state index contributed by atoms with van der Waals surface area (Å²) in [5.41, 5.74) is 0.275. The van der Waals surface area contributed by atoms with Gasteiger partial charge in [0.05, 0.1) is 13.2 Å². The van der Waals surface area contributed by atoms with Gasteiger partial charge >= 0.3 is 0 Å². The first kappa shape index (κ1) is 21.9. The number of sulfonamides is 1. The third-order valence-electron chi connectivity index (χ3n) is 4.68. The lowest BCUT2D eigenvalue weighted by Crippen LogP contribution is -2.42. The van der Waals surface area contributed by atoms with E-state index in [1.54, 1.807) is 17.5 Å². The molecule has 2 saturated heterocycles. The summed E-state index contributed by atoms with van der Waals surface area (Å²) in [5, 5.41) is 5.07. The Hall–Kier alpha value is -0.430. The van der Waals surface area contributed by atoms with E-state index in [0.29, 0.717) is 10.8 Å². The van der Waals surface area contributed by atoms with Crippen LogP contribution in [0.15, 0.2) is 26.7 Å². The number of thiophene rings is 1. The van der Waals surface area contributed by atoms with Gasteiger partial charge in [0.2, 0.25) is 10.0 Å². The predicted octanol–water partition coefficient (Wildman–Crippen LogP) is 1.72. The number of rotatable bonds is 6. The van der Waals surface area contributed by atoms with Crippen LogP contribution in [0.3, 0.4) is 0 Å². The highest BCUT2D eigenvalue weighted by atomic mass is 127. The van der Waals surface area contributed by atoms with E-state index in [0.717, 1.165) is 51.6 Å². The van der Waals surface area contributed by atoms with Crippen LogP contribution in [0.4, 0.5) is 0 Å². The third-order valence-corrected chi connectivity index (χ3v) is 7.54. The van der Waals surface area contributed by atoms with Gasteiger partial charge in [-0.3, -0.25) is 4.99 Å². The maximum atomic E-state index is 12.1. The van der Waals surface area contributed by atoms with Crippen LogP contribution >= 0.6 is 35.3 Å². The van der Waals surface area contributed by atoms with Crippen molar-refractivity contribution in [2.45, 2.75) is 24.0 Å². The molecule has 10 heteroatoms. The zero-order chi connectivity index (χ0) is 17.8. The van der Waals surface area contributed by atoms with E-state index in [-0.39, 0.29) is 35.9 Å². The summed E-state index contributed by atoms with van der Waals surface area (Å²) in [6, 6.07) is 3.34. The molecule has 148 valence electrons. The van der Waals surface area contributed by atoms with Crippen LogP contribution in [0.5, 0.6) is 0 Å². The van der Waals surface area contributed by atoms with Gasteiger partial charge in [0, 0.05) is 38.2 Å². The minimum absolute atomic E-state index is 0. The second-order valence-corrected chi connectivity index (χ2v) is 9.48. The summed E-state index contributed by atoms with van der Waals surface area (Å²) in [7, 11) is -3.42. The van der Waals surface area contributed by atoms with E-state index in [4.69, 9.17) is 4.74 Å². The quantitative estimate of drug-likeness (QED) is 0.262. The van der Waals surface area contributed by atoms with E-state index >= 15 is 0 Å². The molecule has 2 aliphatic rings. The highest BCUT2D eigenvalue weighted by Gasteiger charge is 2.42. The maximum Gasteiger partial charge on any atom is 0.250 e. The molecule has 26 heavy (non-hydrogen) atoms. The SMILES string of the molecule is CCNC(=NCCNS(=O)(=O)c1cccs1)N1CCC2(CCOC2)C1.I. The third kappa shape index (κ3) is 5.31. The van der Waals surface area contributed by atoms with Gasteiger partial charge in [-0.15, -0.1) is 35.3 Å². The van der Waals surface area contributed by atoms with Crippen molar-refractivity contribution >= 4 is 51.3 Å². The Balaban J connectivity index is 0.00000243. The molecule has 0 aromatic carbocycles. The summed E-state index contributed by atoms with van der Waals surface area (Å²) in [6.45, 7) is 7.15. The lowest BCUT2D eigenvalue weighted by molar-refractivity contribution is 0.156. The van der Waals surface area contributed by atoms with Crippen molar-refractivity contribution in [1.82, 2.24) is 14.9 Å². The highest BCUT2D eigenvalue weighted by Crippen LogP contribution is 2.38. The number of nitrogens with one attached hydrogen (secondary N) is 2. The molecule has 1 atom stereocenters. The number of guanidine groups is 1. The van der Waals surface area contributed by atoms with E-state index in [9.17, 15) is 8.42 Å². The van der Waals surface area contributed by atoms with Crippen LogP contribution in [0.2, 0.25) is 0 Å². The van der Waals surface area contributed by atoms with E-state index < -0.39 is 10.0 Å². The number of ether oxygens (including phenoxy) is 1. The van der Waals surface area contributed by atoms with Crippen molar-refractivity contribution in [2.75, 3.05) is 45.9 Å². The second-order valence-electron chi connectivity index (χ2n) is 6.54. The van der Waals surface area contributed by atoms with E-state index in [1.165, 1.54) is 11.3 Å². The number of aliphatic imine (C=N–C) groups is 1. The molecule has 1 aromatic rings. The lowest BCUT2D eigenvalue weighted by atomic mass is 9.87. The molecule has 1 spiro atoms. The Morgan fingerprint density at radius 1 is 1.46 bits per heavy atom. The molecule has 2 N–H and O–H groups in total. The molecule has 1 aromatic heterocycles. The van der Waals surface area contributed by atoms with Crippen molar-refractivity contribution in [2.24, 2.45) is 10.4 Å². The molecule has 0 aliphatic carbocycles. The Bertz CT molecular complexity index is 688. The maximum absolute atomic E-state index is 12.1. The van der Waals surface area contributed by atoms with Crippen LogP contribution < -0.4 is 10.0 Å². The van der Waals surface area contributed by atoms with Crippen LogP contribution in [0, 0.1) is 5.41 Å². The topological polar surface area (TPSA) is 83.0 Å². The Morgan fingerprint density at radius 2 is 2.31 bits per heavy atom. The first-order valence-corrected chi connectivity index (χ1v) is 11.1. The molecule has 2 fully saturated rings. The van der Waals surface area contributed by atoms with Crippen molar-refractivity contribution in [3.05, 3.63) is 17.5 Å². The van der Waals surface area contributed by atoms with Gasteiger partial charge < -0.3 is 15.0 Å². The Kier molecular flexibility index (Phi) is 8.13. The first-order valence-electron chi connectivity index (χ1n) is 8.69. The van der Waals surface area contributed by atoms with Gasteiger partial charge in [-0.05, 0) is 31.2 Å². The Labute approximate surface area is 176 Å². The smallest absolute Gasteiger partial charge is 0.250 e. The normalized spacial score (nSPS) is 23.4. The predicted molar refractivity (Wildman–Crippen MR) is 115 cm³/mol. The summed E-state index contributed by atoms with van der Waals surface area (Å²) >= 11 is 1.21. The lowest BCUT2D eigenvalue weighted by Gasteiger charge is -2.25. The summed E-state index contributed by atoms with van der Waals surface area (Å²) in [6.07, 6.45) is 2.24. The zero-order valence-electron chi connectivity index (χ0n) is 14.9. The minimum atomic E-state index is -3.42. The average molecular weight is 514 g/mol. The summed E-state index contributed by atoms with van der Waals surface area (Å²) < 4.78 is 32.7. The highest BCUT2D eigenvalue weighted by molar-refractivity contribution is 14.0. The molecule has 3 rings (SSSR count). The van der Waals surface area contributed by atoms with Crippen molar-refractivity contribution in [1.29, 1.82) is 0 Å². The monoisotopic (exact) mass is 514 g/mol. The van der Waals surface area contributed by atoms with Crippen LogP contribution in [0.1, 0.15) is 19.8 Å². The average Bonchev–Trinajstić information content (AvgIpc) is 3.34. The minimum Gasteiger partial charge on any atom is -0.381 e. The Morgan fingerprint density at radius 3 is 2.96 bits per heavy atom. The molecule has 0 radical (unpaired) electrons. The fraction of sp³-hybridized carbons (Fsp3) is 0.688. The van der Waals surface area contributed by atoms with Crippen molar-refractivity contribution < 1.29 is 13.2 Å².